The Hall–Kier alpha value is -0.570. The van der Waals surface area contributed by atoms with E-state index in [2.05, 4.69) is 19.2 Å². The summed E-state index contributed by atoms with van der Waals surface area (Å²) in [6.45, 7) is 7.03. The number of esters is 1. The first-order valence-corrected chi connectivity index (χ1v) is 6.67. The molecular weight excluding hydrogens is 202 g/mol. The minimum atomic E-state index is -0.0362. The molecule has 0 aromatic heterocycles. The second kappa shape index (κ2) is 12.5. The number of carbonyl (C=O) groups is 1. The van der Waals surface area contributed by atoms with Crippen LogP contribution >= 0.6 is 0 Å². The van der Waals surface area contributed by atoms with Crippen molar-refractivity contribution in [3.8, 4) is 0 Å². The Balaban J connectivity index is 3.05. The van der Waals surface area contributed by atoms with Crippen LogP contribution in [0.1, 0.15) is 58.8 Å². The van der Waals surface area contributed by atoms with Crippen LogP contribution in [0.2, 0.25) is 0 Å². The van der Waals surface area contributed by atoms with Gasteiger partial charge in [0.15, 0.2) is 0 Å². The molecule has 0 unspecified atom stereocenters. The number of rotatable bonds is 11. The van der Waals surface area contributed by atoms with E-state index < -0.39 is 0 Å². The van der Waals surface area contributed by atoms with E-state index in [9.17, 15) is 4.79 Å². The first kappa shape index (κ1) is 15.4. The molecule has 0 spiro atoms. The van der Waals surface area contributed by atoms with Crippen molar-refractivity contribution in [2.24, 2.45) is 0 Å². The smallest absolute Gasteiger partial charge is 0.305 e. The van der Waals surface area contributed by atoms with Gasteiger partial charge in [0.05, 0.1) is 6.61 Å². The van der Waals surface area contributed by atoms with Crippen LogP contribution in [0.25, 0.3) is 0 Å². The third-order valence-electron chi connectivity index (χ3n) is 2.42. The zero-order chi connectivity index (χ0) is 12.1. The molecule has 1 N–H and O–H groups in total. The molecule has 0 amide bonds. The van der Waals surface area contributed by atoms with Crippen molar-refractivity contribution in [1.82, 2.24) is 5.32 Å². The molecule has 0 atom stereocenters. The van der Waals surface area contributed by atoms with Gasteiger partial charge in [0.2, 0.25) is 0 Å². The first-order chi connectivity index (χ1) is 7.81. The highest BCUT2D eigenvalue weighted by molar-refractivity contribution is 5.69. The van der Waals surface area contributed by atoms with Gasteiger partial charge in [-0.15, -0.1) is 0 Å². The van der Waals surface area contributed by atoms with Gasteiger partial charge in [-0.25, -0.2) is 0 Å². The van der Waals surface area contributed by atoms with Crippen molar-refractivity contribution in [2.75, 3.05) is 19.7 Å². The maximum absolute atomic E-state index is 11.1. The standard InChI is InChI=1S/C13H27NO2/c1-3-5-9-13(15)16-12-8-6-7-11-14-10-4-2/h14H,3-12H2,1-2H3. The zero-order valence-corrected chi connectivity index (χ0v) is 10.9. The third kappa shape index (κ3) is 11.5. The van der Waals surface area contributed by atoms with Crippen molar-refractivity contribution in [2.45, 2.75) is 58.8 Å². The highest BCUT2D eigenvalue weighted by Gasteiger charge is 2.00. The summed E-state index contributed by atoms with van der Waals surface area (Å²) in [5.74, 6) is -0.0362. The van der Waals surface area contributed by atoms with Gasteiger partial charge < -0.3 is 10.1 Å². The Morgan fingerprint density at radius 2 is 1.81 bits per heavy atom. The number of nitrogens with one attached hydrogen (secondary N) is 1. The largest absolute Gasteiger partial charge is 0.466 e. The van der Waals surface area contributed by atoms with Crippen molar-refractivity contribution >= 4 is 5.97 Å². The molecule has 96 valence electrons. The fourth-order valence-electron chi connectivity index (χ4n) is 1.41. The van der Waals surface area contributed by atoms with Crippen LogP contribution in [-0.2, 0) is 9.53 Å². The fraction of sp³-hybridized carbons (Fsp3) is 0.923. The SMILES string of the molecule is CCCCC(=O)OCCCCCNCCC. The van der Waals surface area contributed by atoms with Gasteiger partial charge in [-0.3, -0.25) is 4.79 Å². The first-order valence-electron chi connectivity index (χ1n) is 6.67. The lowest BCUT2D eigenvalue weighted by Crippen LogP contribution is -2.16. The van der Waals surface area contributed by atoms with Gasteiger partial charge in [-0.2, -0.15) is 0 Å². The molecule has 16 heavy (non-hydrogen) atoms. The van der Waals surface area contributed by atoms with Gasteiger partial charge >= 0.3 is 5.97 Å². The van der Waals surface area contributed by atoms with Crippen LogP contribution in [0.3, 0.4) is 0 Å². The van der Waals surface area contributed by atoms with E-state index in [1.54, 1.807) is 0 Å². The molecule has 0 bridgehead atoms. The molecule has 0 aliphatic carbocycles. The topological polar surface area (TPSA) is 38.3 Å². The van der Waals surface area contributed by atoms with Crippen LogP contribution in [-0.4, -0.2) is 25.7 Å². The molecular formula is C13H27NO2. The minimum Gasteiger partial charge on any atom is -0.466 e. The number of unbranched alkanes of at least 4 members (excludes halogenated alkanes) is 3. The Morgan fingerprint density at radius 3 is 2.50 bits per heavy atom. The van der Waals surface area contributed by atoms with Crippen molar-refractivity contribution in [3.63, 3.8) is 0 Å². The highest BCUT2D eigenvalue weighted by Crippen LogP contribution is 1.99. The quantitative estimate of drug-likeness (QED) is 0.437. The van der Waals surface area contributed by atoms with E-state index >= 15 is 0 Å². The summed E-state index contributed by atoms with van der Waals surface area (Å²) in [6.07, 6.45) is 7.07. The van der Waals surface area contributed by atoms with Crippen molar-refractivity contribution in [1.29, 1.82) is 0 Å². The van der Waals surface area contributed by atoms with E-state index in [-0.39, 0.29) is 5.97 Å². The van der Waals surface area contributed by atoms with Gasteiger partial charge in [-0.1, -0.05) is 20.3 Å². The Bertz CT molecular complexity index is 160. The molecule has 0 heterocycles. The maximum Gasteiger partial charge on any atom is 0.305 e. The summed E-state index contributed by atoms with van der Waals surface area (Å²) >= 11 is 0. The van der Waals surface area contributed by atoms with Crippen molar-refractivity contribution < 1.29 is 9.53 Å². The molecule has 0 saturated heterocycles. The second-order valence-electron chi connectivity index (χ2n) is 4.13. The van der Waals surface area contributed by atoms with Gasteiger partial charge in [0, 0.05) is 6.42 Å². The number of ether oxygens (including phenoxy) is 1. The van der Waals surface area contributed by atoms with Crippen LogP contribution in [0.15, 0.2) is 0 Å². The lowest BCUT2D eigenvalue weighted by Gasteiger charge is -2.05. The van der Waals surface area contributed by atoms with E-state index in [0.29, 0.717) is 13.0 Å². The third-order valence-corrected chi connectivity index (χ3v) is 2.42. The lowest BCUT2D eigenvalue weighted by molar-refractivity contribution is -0.143. The van der Waals surface area contributed by atoms with Gasteiger partial charge in [0.1, 0.15) is 0 Å². The average molecular weight is 229 g/mol. The van der Waals surface area contributed by atoms with Crippen LogP contribution in [0.5, 0.6) is 0 Å². The molecule has 0 aliphatic rings. The van der Waals surface area contributed by atoms with Gasteiger partial charge in [-0.05, 0) is 45.2 Å². The lowest BCUT2D eigenvalue weighted by atomic mass is 10.2. The monoisotopic (exact) mass is 229 g/mol. The molecule has 0 saturated carbocycles. The Morgan fingerprint density at radius 1 is 1.00 bits per heavy atom. The molecule has 0 fully saturated rings. The maximum atomic E-state index is 11.1. The summed E-state index contributed by atoms with van der Waals surface area (Å²) in [4.78, 5) is 11.1. The number of hydrogen-bond acceptors (Lipinski definition) is 3. The predicted octanol–water partition coefficient (Wildman–Crippen LogP) is 2.89. The number of hydrogen-bond donors (Lipinski definition) is 1. The molecule has 0 aromatic carbocycles. The molecule has 3 heteroatoms. The summed E-state index contributed by atoms with van der Waals surface area (Å²) in [5, 5.41) is 3.35. The molecule has 0 radical (unpaired) electrons. The normalized spacial score (nSPS) is 10.4. The Kier molecular flexibility index (Phi) is 12.1. The summed E-state index contributed by atoms with van der Waals surface area (Å²) in [5.41, 5.74) is 0. The molecule has 0 aliphatic heterocycles. The molecule has 0 aromatic rings. The highest BCUT2D eigenvalue weighted by atomic mass is 16.5. The summed E-state index contributed by atoms with van der Waals surface area (Å²) in [6, 6.07) is 0. The van der Waals surface area contributed by atoms with Crippen molar-refractivity contribution in [3.05, 3.63) is 0 Å². The second-order valence-corrected chi connectivity index (χ2v) is 4.13. The average Bonchev–Trinajstić information content (AvgIpc) is 2.30. The predicted molar refractivity (Wildman–Crippen MR) is 67.5 cm³/mol. The molecule has 3 nitrogen and oxygen atoms in total. The van der Waals surface area contributed by atoms with Crippen LogP contribution in [0, 0.1) is 0 Å². The zero-order valence-electron chi connectivity index (χ0n) is 10.9. The van der Waals surface area contributed by atoms with E-state index in [1.165, 1.54) is 12.8 Å². The van der Waals surface area contributed by atoms with Crippen LogP contribution < -0.4 is 5.32 Å². The minimum absolute atomic E-state index is 0.0362. The van der Waals surface area contributed by atoms with E-state index in [0.717, 1.165) is 38.8 Å². The fourth-order valence-corrected chi connectivity index (χ4v) is 1.41. The van der Waals surface area contributed by atoms with E-state index in [4.69, 9.17) is 4.74 Å². The summed E-state index contributed by atoms with van der Waals surface area (Å²) in [7, 11) is 0. The van der Waals surface area contributed by atoms with Gasteiger partial charge in [0.25, 0.3) is 0 Å². The summed E-state index contributed by atoms with van der Waals surface area (Å²) < 4.78 is 5.11. The number of carbonyl (C=O) groups excluding carboxylic acids is 1. The Labute approximate surface area is 99.9 Å². The van der Waals surface area contributed by atoms with E-state index in [1.807, 2.05) is 0 Å². The van der Waals surface area contributed by atoms with Crippen LogP contribution in [0.4, 0.5) is 0 Å². The molecule has 0 rings (SSSR count).